The molecule has 0 amide bonds. The summed E-state index contributed by atoms with van der Waals surface area (Å²) in [6.07, 6.45) is 10.6. The van der Waals surface area contributed by atoms with E-state index in [-0.39, 0.29) is 0 Å². The molecule has 23 heavy (non-hydrogen) atoms. The van der Waals surface area contributed by atoms with Crippen LogP contribution in [0.15, 0.2) is 84.5 Å². The molecule has 2 aromatic rings. The van der Waals surface area contributed by atoms with E-state index in [1.54, 1.807) is 0 Å². The van der Waals surface area contributed by atoms with E-state index >= 15 is 0 Å². The predicted octanol–water partition coefficient (Wildman–Crippen LogP) is 5.37. The molecule has 2 aromatic carbocycles. The zero-order valence-electron chi connectivity index (χ0n) is 13.4. The zero-order chi connectivity index (χ0) is 15.7. The Morgan fingerprint density at radius 1 is 0.870 bits per heavy atom. The van der Waals surface area contributed by atoms with E-state index in [1.165, 1.54) is 16.7 Å². The molecule has 0 heteroatoms. The minimum Gasteiger partial charge on any atom is -0.102 e. The maximum atomic E-state index is 3.49. The Balaban J connectivity index is 1.59. The van der Waals surface area contributed by atoms with E-state index in [1.807, 2.05) is 0 Å². The third-order valence-electron chi connectivity index (χ3n) is 4.17. The van der Waals surface area contributed by atoms with Gasteiger partial charge >= 0.3 is 0 Å². The molecule has 1 atom stereocenters. The van der Waals surface area contributed by atoms with Crippen LogP contribution >= 0.6 is 0 Å². The number of rotatable bonds is 4. The van der Waals surface area contributed by atoms with Gasteiger partial charge in [-0.05, 0) is 30.4 Å². The maximum absolute atomic E-state index is 3.49. The molecule has 0 saturated carbocycles. The van der Waals surface area contributed by atoms with E-state index in [2.05, 4.69) is 90.7 Å². The first-order valence-corrected chi connectivity index (χ1v) is 8.33. The van der Waals surface area contributed by atoms with Crippen LogP contribution < -0.4 is 0 Å². The van der Waals surface area contributed by atoms with Crippen LogP contribution in [0.25, 0.3) is 0 Å². The molecule has 0 heterocycles. The number of benzene rings is 2. The summed E-state index contributed by atoms with van der Waals surface area (Å²) >= 11 is 0. The predicted molar refractivity (Wildman–Crippen MR) is 98.0 cm³/mol. The van der Waals surface area contributed by atoms with E-state index in [4.69, 9.17) is 0 Å². The van der Waals surface area contributed by atoms with Crippen LogP contribution in [-0.2, 0) is 12.8 Å². The molecule has 1 unspecified atom stereocenters. The van der Waals surface area contributed by atoms with Crippen LogP contribution in [-0.4, -0.2) is 0 Å². The van der Waals surface area contributed by atoms with Gasteiger partial charge in [-0.2, -0.15) is 0 Å². The molecule has 0 bridgehead atoms. The van der Waals surface area contributed by atoms with Crippen molar-refractivity contribution in [2.75, 3.05) is 0 Å². The molecule has 0 aliphatic heterocycles. The second kappa shape index (κ2) is 8.20. The summed E-state index contributed by atoms with van der Waals surface area (Å²) in [6, 6.07) is 21.3. The van der Waals surface area contributed by atoms with Gasteiger partial charge in [-0.15, -0.1) is 5.92 Å². The van der Waals surface area contributed by atoms with Gasteiger partial charge in [0.2, 0.25) is 0 Å². The summed E-state index contributed by atoms with van der Waals surface area (Å²) in [7, 11) is 0. The van der Waals surface area contributed by atoms with Crippen molar-refractivity contribution in [3.63, 3.8) is 0 Å². The highest BCUT2D eigenvalue weighted by molar-refractivity contribution is 5.33. The maximum Gasteiger partial charge on any atom is 0.0452 e. The number of hydrogen-bond donors (Lipinski definition) is 0. The van der Waals surface area contributed by atoms with Gasteiger partial charge in [-0.3, -0.25) is 0 Å². The molecular formula is C23H22. The van der Waals surface area contributed by atoms with Crippen molar-refractivity contribution in [2.24, 2.45) is 5.92 Å². The third kappa shape index (κ3) is 4.73. The van der Waals surface area contributed by atoms with Gasteiger partial charge in [-0.1, -0.05) is 90.4 Å². The highest BCUT2D eigenvalue weighted by atomic mass is 14.2. The minimum atomic E-state index is 0.371. The molecule has 0 N–H and O–H groups in total. The third-order valence-corrected chi connectivity index (χ3v) is 4.17. The highest BCUT2D eigenvalue weighted by Gasteiger charge is 2.12. The van der Waals surface area contributed by atoms with Crippen molar-refractivity contribution >= 4 is 0 Å². The molecule has 114 valence electrons. The standard InChI is InChI=1S/C23H22/c1-3-11-20(12-4-1)13-7-8-16-22-17-9-10-18-23(22)19-21-14-5-2-6-15-21/h1-6,9-12,14-15,18,22H,7,13,17,19H2. The van der Waals surface area contributed by atoms with Crippen LogP contribution in [0.2, 0.25) is 0 Å². The Labute approximate surface area is 139 Å². The number of hydrogen-bond acceptors (Lipinski definition) is 0. The summed E-state index contributed by atoms with van der Waals surface area (Å²) in [5.41, 5.74) is 4.17. The average molecular weight is 298 g/mol. The molecule has 0 nitrogen and oxygen atoms in total. The van der Waals surface area contributed by atoms with Gasteiger partial charge in [0.15, 0.2) is 0 Å². The normalized spacial score (nSPS) is 16.3. The Hall–Kier alpha value is -2.52. The fourth-order valence-electron chi connectivity index (χ4n) is 2.89. The number of allylic oxidation sites excluding steroid dienone is 4. The van der Waals surface area contributed by atoms with Crippen LogP contribution in [0.1, 0.15) is 24.0 Å². The van der Waals surface area contributed by atoms with Crippen LogP contribution in [0.4, 0.5) is 0 Å². The second-order valence-electron chi connectivity index (χ2n) is 5.93. The zero-order valence-corrected chi connectivity index (χ0v) is 13.4. The summed E-state index contributed by atoms with van der Waals surface area (Å²) < 4.78 is 0. The summed E-state index contributed by atoms with van der Waals surface area (Å²) in [5, 5.41) is 0. The van der Waals surface area contributed by atoms with E-state index in [9.17, 15) is 0 Å². The minimum absolute atomic E-state index is 0.371. The largest absolute Gasteiger partial charge is 0.102 e. The van der Waals surface area contributed by atoms with Crippen molar-refractivity contribution in [1.82, 2.24) is 0 Å². The van der Waals surface area contributed by atoms with Gasteiger partial charge in [0.05, 0.1) is 0 Å². The van der Waals surface area contributed by atoms with Gasteiger partial charge in [0.1, 0.15) is 0 Å². The lowest BCUT2D eigenvalue weighted by Crippen LogP contribution is -2.06. The van der Waals surface area contributed by atoms with Crippen molar-refractivity contribution in [2.45, 2.75) is 25.7 Å². The smallest absolute Gasteiger partial charge is 0.0452 e. The molecule has 3 rings (SSSR count). The average Bonchev–Trinajstić information content (AvgIpc) is 2.62. The van der Waals surface area contributed by atoms with Gasteiger partial charge in [0, 0.05) is 12.3 Å². The Morgan fingerprint density at radius 3 is 2.30 bits per heavy atom. The quantitative estimate of drug-likeness (QED) is 0.666. The van der Waals surface area contributed by atoms with Crippen molar-refractivity contribution in [3.8, 4) is 11.8 Å². The highest BCUT2D eigenvalue weighted by Crippen LogP contribution is 2.23. The Kier molecular flexibility index (Phi) is 5.48. The van der Waals surface area contributed by atoms with E-state index in [0.29, 0.717) is 5.92 Å². The van der Waals surface area contributed by atoms with Gasteiger partial charge < -0.3 is 0 Å². The lowest BCUT2D eigenvalue weighted by Gasteiger charge is -2.16. The SMILES string of the molecule is C(#CC1CC=CC=C1Cc1ccccc1)CCc1ccccc1. The molecule has 1 aliphatic carbocycles. The van der Waals surface area contributed by atoms with E-state index in [0.717, 1.165) is 25.7 Å². The Bertz CT molecular complexity index is 724. The van der Waals surface area contributed by atoms with Gasteiger partial charge in [0.25, 0.3) is 0 Å². The first-order chi connectivity index (χ1) is 11.4. The van der Waals surface area contributed by atoms with Crippen molar-refractivity contribution in [3.05, 3.63) is 95.6 Å². The Morgan fingerprint density at radius 2 is 1.57 bits per heavy atom. The summed E-state index contributed by atoms with van der Waals surface area (Å²) in [4.78, 5) is 0. The first kappa shape index (κ1) is 15.4. The molecule has 0 aromatic heterocycles. The fourth-order valence-corrected chi connectivity index (χ4v) is 2.89. The molecule has 1 aliphatic rings. The molecule has 0 spiro atoms. The van der Waals surface area contributed by atoms with Crippen molar-refractivity contribution < 1.29 is 0 Å². The van der Waals surface area contributed by atoms with E-state index < -0.39 is 0 Å². The monoisotopic (exact) mass is 298 g/mol. The first-order valence-electron chi connectivity index (χ1n) is 8.33. The summed E-state index contributed by atoms with van der Waals surface area (Å²) in [5.74, 6) is 7.26. The van der Waals surface area contributed by atoms with Gasteiger partial charge in [-0.25, -0.2) is 0 Å². The lowest BCUT2D eigenvalue weighted by molar-refractivity contribution is 0.760. The van der Waals surface area contributed by atoms with Crippen LogP contribution in [0.3, 0.4) is 0 Å². The summed E-state index contributed by atoms with van der Waals surface area (Å²) in [6.45, 7) is 0. The molecule has 0 radical (unpaired) electrons. The molecule has 0 saturated heterocycles. The van der Waals surface area contributed by atoms with Crippen LogP contribution in [0, 0.1) is 17.8 Å². The topological polar surface area (TPSA) is 0 Å². The second-order valence-corrected chi connectivity index (χ2v) is 5.93. The lowest BCUT2D eigenvalue weighted by atomic mass is 9.87. The fraction of sp³-hybridized carbons (Fsp3) is 0.217. The van der Waals surface area contributed by atoms with Crippen LogP contribution in [0.5, 0.6) is 0 Å². The number of aryl methyl sites for hydroxylation is 1. The molecule has 0 fully saturated rings. The van der Waals surface area contributed by atoms with Crippen molar-refractivity contribution in [1.29, 1.82) is 0 Å². The molecular weight excluding hydrogens is 276 g/mol.